The summed E-state index contributed by atoms with van der Waals surface area (Å²) in [5.74, 6) is -0.183. The maximum Gasteiger partial charge on any atom is 0.387 e. The van der Waals surface area contributed by atoms with Crippen LogP contribution in [0.1, 0.15) is 11.1 Å². The highest BCUT2D eigenvalue weighted by Crippen LogP contribution is 2.18. The van der Waals surface area contributed by atoms with Crippen molar-refractivity contribution in [1.82, 2.24) is 0 Å². The van der Waals surface area contributed by atoms with Gasteiger partial charge < -0.3 is 15.4 Å². The van der Waals surface area contributed by atoms with E-state index < -0.39 is 6.61 Å². The van der Waals surface area contributed by atoms with Crippen molar-refractivity contribution >= 4 is 17.3 Å². The van der Waals surface area contributed by atoms with Crippen molar-refractivity contribution in [3.63, 3.8) is 0 Å². The molecule has 0 fully saturated rings. The predicted octanol–water partition coefficient (Wildman–Crippen LogP) is 3.96. The molecule has 0 saturated carbocycles. The fourth-order valence-electron chi connectivity index (χ4n) is 1.96. The molecule has 122 valence electrons. The first-order valence-corrected chi connectivity index (χ1v) is 7.10. The molecule has 1 amide bonds. The van der Waals surface area contributed by atoms with Crippen molar-refractivity contribution in [3.8, 4) is 5.75 Å². The second kappa shape index (κ2) is 7.58. The molecule has 6 heteroatoms. The van der Waals surface area contributed by atoms with Gasteiger partial charge >= 0.3 is 6.61 Å². The Morgan fingerprint density at radius 2 is 1.70 bits per heavy atom. The molecule has 0 aliphatic heterocycles. The molecule has 4 nitrogen and oxygen atoms in total. The molecular formula is C17H18F2N2O2. The molecule has 0 radical (unpaired) electrons. The van der Waals surface area contributed by atoms with Gasteiger partial charge in [0.05, 0.1) is 6.54 Å². The largest absolute Gasteiger partial charge is 0.435 e. The Balaban J connectivity index is 1.85. The molecule has 0 saturated heterocycles. The molecule has 2 aromatic rings. The van der Waals surface area contributed by atoms with Crippen molar-refractivity contribution in [2.24, 2.45) is 0 Å². The van der Waals surface area contributed by atoms with Crippen LogP contribution in [0.15, 0.2) is 42.5 Å². The van der Waals surface area contributed by atoms with E-state index in [0.717, 1.165) is 11.3 Å². The number of carbonyl (C=O) groups is 1. The van der Waals surface area contributed by atoms with Gasteiger partial charge in [0.25, 0.3) is 0 Å². The fourth-order valence-corrected chi connectivity index (χ4v) is 1.96. The predicted molar refractivity (Wildman–Crippen MR) is 86.1 cm³/mol. The molecule has 0 unspecified atom stereocenters. The standard InChI is InChI=1S/C17H18F2N2O2/c1-11-3-4-14(9-12(11)2)20-10-16(22)21-13-5-7-15(8-6-13)23-17(18)19/h3-9,17,20H,10H2,1-2H3,(H,21,22). The van der Waals surface area contributed by atoms with Gasteiger partial charge in [-0.15, -0.1) is 0 Å². The summed E-state index contributed by atoms with van der Waals surface area (Å²) in [5, 5.41) is 5.71. The molecule has 0 bridgehead atoms. The molecule has 2 rings (SSSR count). The first-order valence-electron chi connectivity index (χ1n) is 7.10. The van der Waals surface area contributed by atoms with Gasteiger partial charge in [0.15, 0.2) is 0 Å². The average molecular weight is 320 g/mol. The van der Waals surface area contributed by atoms with Crippen LogP contribution in [0.25, 0.3) is 0 Å². The van der Waals surface area contributed by atoms with Crippen LogP contribution in [0.2, 0.25) is 0 Å². The van der Waals surface area contributed by atoms with Gasteiger partial charge in [-0.05, 0) is 61.4 Å². The molecule has 0 heterocycles. The van der Waals surface area contributed by atoms with Crippen molar-refractivity contribution in [2.75, 3.05) is 17.2 Å². The first-order chi connectivity index (χ1) is 10.9. The Bertz CT molecular complexity index is 673. The van der Waals surface area contributed by atoms with E-state index in [-0.39, 0.29) is 18.2 Å². The molecule has 2 aromatic carbocycles. The Hall–Kier alpha value is -2.63. The summed E-state index contributed by atoms with van der Waals surface area (Å²) in [5.41, 5.74) is 3.71. The third-order valence-corrected chi connectivity index (χ3v) is 3.32. The molecule has 23 heavy (non-hydrogen) atoms. The summed E-state index contributed by atoms with van der Waals surface area (Å²) in [6.45, 7) is 1.27. The minimum Gasteiger partial charge on any atom is -0.435 e. The highest BCUT2D eigenvalue weighted by atomic mass is 19.3. The van der Waals surface area contributed by atoms with Gasteiger partial charge in [-0.3, -0.25) is 4.79 Å². The summed E-state index contributed by atoms with van der Waals surface area (Å²) < 4.78 is 28.3. The lowest BCUT2D eigenvalue weighted by molar-refractivity contribution is -0.114. The van der Waals surface area contributed by atoms with E-state index in [4.69, 9.17) is 0 Å². The highest BCUT2D eigenvalue weighted by Gasteiger charge is 2.06. The molecular weight excluding hydrogens is 302 g/mol. The van der Waals surface area contributed by atoms with E-state index >= 15 is 0 Å². The number of rotatable bonds is 6. The second-order valence-electron chi connectivity index (χ2n) is 5.10. The zero-order chi connectivity index (χ0) is 16.8. The van der Waals surface area contributed by atoms with E-state index in [1.165, 1.54) is 29.8 Å². The highest BCUT2D eigenvalue weighted by molar-refractivity contribution is 5.93. The summed E-state index contributed by atoms with van der Waals surface area (Å²) in [4.78, 5) is 11.9. The number of nitrogens with one attached hydrogen (secondary N) is 2. The lowest BCUT2D eigenvalue weighted by Gasteiger charge is -2.10. The number of anilines is 2. The molecule has 0 spiro atoms. The van der Waals surface area contributed by atoms with Crippen LogP contribution in [0.5, 0.6) is 5.75 Å². The van der Waals surface area contributed by atoms with E-state index in [1.807, 2.05) is 32.0 Å². The summed E-state index contributed by atoms with van der Waals surface area (Å²) in [6, 6.07) is 11.6. The van der Waals surface area contributed by atoms with Crippen molar-refractivity contribution in [3.05, 3.63) is 53.6 Å². The van der Waals surface area contributed by atoms with Gasteiger partial charge in [0.1, 0.15) is 5.75 Å². The maximum atomic E-state index is 12.0. The van der Waals surface area contributed by atoms with Crippen LogP contribution in [-0.2, 0) is 4.79 Å². The van der Waals surface area contributed by atoms with E-state index in [2.05, 4.69) is 15.4 Å². The maximum absolute atomic E-state index is 12.0. The Morgan fingerprint density at radius 3 is 2.30 bits per heavy atom. The van der Waals surface area contributed by atoms with Crippen molar-refractivity contribution in [1.29, 1.82) is 0 Å². The van der Waals surface area contributed by atoms with Gasteiger partial charge in [0.2, 0.25) is 5.91 Å². The number of hydrogen-bond donors (Lipinski definition) is 2. The van der Waals surface area contributed by atoms with Gasteiger partial charge in [0, 0.05) is 11.4 Å². The number of carbonyl (C=O) groups excluding carboxylic acids is 1. The number of benzene rings is 2. The molecule has 0 aromatic heterocycles. The third-order valence-electron chi connectivity index (χ3n) is 3.32. The minimum absolute atomic E-state index is 0.0475. The Labute approximate surface area is 133 Å². The van der Waals surface area contributed by atoms with E-state index in [9.17, 15) is 13.6 Å². The number of halogens is 2. The summed E-state index contributed by atoms with van der Waals surface area (Å²) in [7, 11) is 0. The first kappa shape index (κ1) is 16.7. The number of amides is 1. The lowest BCUT2D eigenvalue weighted by atomic mass is 10.1. The van der Waals surface area contributed by atoms with Crippen molar-refractivity contribution in [2.45, 2.75) is 20.5 Å². The van der Waals surface area contributed by atoms with E-state index in [1.54, 1.807) is 0 Å². The average Bonchev–Trinajstić information content (AvgIpc) is 2.50. The smallest absolute Gasteiger partial charge is 0.387 e. The van der Waals surface area contributed by atoms with Crippen LogP contribution in [-0.4, -0.2) is 19.1 Å². The van der Waals surface area contributed by atoms with Gasteiger partial charge in [-0.25, -0.2) is 0 Å². The van der Waals surface area contributed by atoms with Crippen LogP contribution in [0, 0.1) is 13.8 Å². The van der Waals surface area contributed by atoms with Crippen LogP contribution in [0.3, 0.4) is 0 Å². The van der Waals surface area contributed by atoms with Gasteiger partial charge in [-0.1, -0.05) is 6.07 Å². The lowest BCUT2D eigenvalue weighted by Crippen LogP contribution is -2.21. The topological polar surface area (TPSA) is 50.4 Å². The second-order valence-corrected chi connectivity index (χ2v) is 5.10. The monoisotopic (exact) mass is 320 g/mol. The Kier molecular flexibility index (Phi) is 5.51. The van der Waals surface area contributed by atoms with Crippen LogP contribution < -0.4 is 15.4 Å². The molecule has 0 aliphatic rings. The SMILES string of the molecule is Cc1ccc(NCC(=O)Nc2ccc(OC(F)F)cc2)cc1C. The number of ether oxygens (including phenoxy) is 1. The summed E-state index contributed by atoms with van der Waals surface area (Å²) in [6.07, 6.45) is 0. The number of hydrogen-bond acceptors (Lipinski definition) is 3. The van der Waals surface area contributed by atoms with Gasteiger partial charge in [-0.2, -0.15) is 8.78 Å². The van der Waals surface area contributed by atoms with Crippen LogP contribution >= 0.6 is 0 Å². The number of alkyl halides is 2. The summed E-state index contributed by atoms with van der Waals surface area (Å²) >= 11 is 0. The molecule has 0 atom stereocenters. The zero-order valence-corrected chi connectivity index (χ0v) is 12.9. The third kappa shape index (κ3) is 5.25. The molecule has 0 aliphatic carbocycles. The molecule has 2 N–H and O–H groups in total. The van der Waals surface area contributed by atoms with Crippen LogP contribution in [0.4, 0.5) is 20.2 Å². The fraction of sp³-hybridized carbons (Fsp3) is 0.235. The minimum atomic E-state index is -2.86. The quantitative estimate of drug-likeness (QED) is 0.847. The number of aryl methyl sites for hydroxylation is 2. The Morgan fingerprint density at radius 1 is 1.04 bits per heavy atom. The normalized spacial score (nSPS) is 10.5. The van der Waals surface area contributed by atoms with Crippen molar-refractivity contribution < 1.29 is 18.3 Å². The van der Waals surface area contributed by atoms with E-state index in [0.29, 0.717) is 5.69 Å². The zero-order valence-electron chi connectivity index (χ0n) is 12.9.